The summed E-state index contributed by atoms with van der Waals surface area (Å²) >= 11 is 0. The van der Waals surface area contributed by atoms with Crippen LogP contribution in [0, 0.1) is 0 Å². The molecular formula is C18H27N3O3. The molecule has 1 aliphatic rings. The van der Waals surface area contributed by atoms with E-state index in [0.717, 1.165) is 26.1 Å². The molecule has 0 unspecified atom stereocenters. The number of carbonyl (C=O) groups is 1. The van der Waals surface area contributed by atoms with Gasteiger partial charge in [-0.05, 0) is 50.6 Å². The van der Waals surface area contributed by atoms with Gasteiger partial charge in [0.15, 0.2) is 0 Å². The molecule has 0 saturated carbocycles. The quantitative estimate of drug-likeness (QED) is 0.614. The minimum atomic E-state index is -0.245. The predicted octanol–water partition coefficient (Wildman–Crippen LogP) is 2.30. The van der Waals surface area contributed by atoms with Crippen molar-refractivity contribution in [1.82, 2.24) is 10.2 Å². The Labute approximate surface area is 143 Å². The molecule has 1 fully saturated rings. The molecule has 6 nitrogen and oxygen atoms in total. The van der Waals surface area contributed by atoms with Gasteiger partial charge in [-0.15, -0.1) is 0 Å². The number of hydrogen-bond acceptors (Lipinski definition) is 5. The first-order valence-corrected chi connectivity index (χ1v) is 8.58. The average molecular weight is 333 g/mol. The van der Waals surface area contributed by atoms with Crippen molar-refractivity contribution in [2.75, 3.05) is 39.9 Å². The van der Waals surface area contributed by atoms with E-state index in [1.54, 1.807) is 31.4 Å². The Morgan fingerprint density at radius 1 is 1.33 bits per heavy atom. The molecule has 0 aliphatic carbocycles. The van der Waals surface area contributed by atoms with Crippen LogP contribution in [-0.2, 0) is 4.74 Å². The first kappa shape index (κ1) is 18.3. The van der Waals surface area contributed by atoms with Crippen molar-refractivity contribution >= 4 is 11.9 Å². The van der Waals surface area contributed by atoms with Crippen molar-refractivity contribution in [2.24, 2.45) is 4.99 Å². The molecule has 1 saturated heterocycles. The number of likely N-dealkylation sites (tertiary alicyclic amines) is 1. The molecule has 1 aromatic rings. The molecule has 1 amide bonds. The highest BCUT2D eigenvalue weighted by Crippen LogP contribution is 2.12. The largest absolute Gasteiger partial charge is 0.497 e. The lowest BCUT2D eigenvalue weighted by Crippen LogP contribution is -2.33. The van der Waals surface area contributed by atoms with Crippen molar-refractivity contribution in [3.63, 3.8) is 0 Å². The standard InChI is InChI=1S/C18H27N3O3/c1-3-13-24-18(19-9-12-21-10-4-5-11-21)20-17(22)15-7-6-8-16(14-15)23-2/h6-8,14H,3-5,9-13H2,1-2H3,(H,19,20,22). The lowest BCUT2D eigenvalue weighted by atomic mass is 10.2. The minimum absolute atomic E-state index is 0.245. The molecule has 1 N–H and O–H groups in total. The highest BCUT2D eigenvalue weighted by molar-refractivity contribution is 6.04. The van der Waals surface area contributed by atoms with Gasteiger partial charge in [-0.25, -0.2) is 4.99 Å². The van der Waals surface area contributed by atoms with Crippen LogP contribution in [0.5, 0.6) is 5.75 Å². The van der Waals surface area contributed by atoms with Crippen molar-refractivity contribution < 1.29 is 14.3 Å². The summed E-state index contributed by atoms with van der Waals surface area (Å²) in [6.45, 7) is 6.34. The zero-order chi connectivity index (χ0) is 17.2. The molecule has 0 bridgehead atoms. The minimum Gasteiger partial charge on any atom is -0.497 e. The van der Waals surface area contributed by atoms with Gasteiger partial charge >= 0.3 is 0 Å². The van der Waals surface area contributed by atoms with Crippen LogP contribution in [-0.4, -0.2) is 56.7 Å². The number of rotatable bonds is 7. The van der Waals surface area contributed by atoms with Crippen molar-refractivity contribution in [1.29, 1.82) is 0 Å². The first-order valence-electron chi connectivity index (χ1n) is 8.58. The maximum absolute atomic E-state index is 12.4. The maximum Gasteiger partial charge on any atom is 0.291 e. The molecule has 0 aromatic heterocycles. The molecule has 2 rings (SSSR count). The second-order valence-corrected chi connectivity index (χ2v) is 5.77. The van der Waals surface area contributed by atoms with E-state index >= 15 is 0 Å². The maximum atomic E-state index is 12.4. The van der Waals surface area contributed by atoms with E-state index in [1.807, 2.05) is 6.92 Å². The number of amides is 1. The Morgan fingerprint density at radius 2 is 2.12 bits per heavy atom. The number of amidine groups is 1. The SMILES string of the molecule is CCCOC(=NCCN1CCCC1)NC(=O)c1cccc(OC)c1. The van der Waals surface area contributed by atoms with E-state index in [0.29, 0.717) is 30.5 Å². The van der Waals surface area contributed by atoms with E-state index in [1.165, 1.54) is 12.8 Å². The molecule has 132 valence electrons. The number of nitrogens with zero attached hydrogens (tertiary/aromatic N) is 2. The highest BCUT2D eigenvalue weighted by Gasteiger charge is 2.13. The molecule has 1 aliphatic heterocycles. The van der Waals surface area contributed by atoms with E-state index in [2.05, 4.69) is 15.2 Å². The third-order valence-corrected chi connectivity index (χ3v) is 3.87. The van der Waals surface area contributed by atoms with Crippen LogP contribution in [0.2, 0.25) is 0 Å². The lowest BCUT2D eigenvalue weighted by Gasteiger charge is -2.14. The first-order chi connectivity index (χ1) is 11.7. The second-order valence-electron chi connectivity index (χ2n) is 5.77. The normalized spacial score (nSPS) is 15.3. The van der Waals surface area contributed by atoms with E-state index in [9.17, 15) is 4.79 Å². The molecule has 0 radical (unpaired) electrons. The van der Waals surface area contributed by atoms with Crippen molar-refractivity contribution in [3.05, 3.63) is 29.8 Å². The number of hydrogen-bond donors (Lipinski definition) is 1. The summed E-state index contributed by atoms with van der Waals surface area (Å²) in [6.07, 6.45) is 3.38. The summed E-state index contributed by atoms with van der Waals surface area (Å²) in [4.78, 5) is 19.2. The fourth-order valence-electron chi connectivity index (χ4n) is 2.55. The topological polar surface area (TPSA) is 63.2 Å². The highest BCUT2D eigenvalue weighted by atomic mass is 16.5. The number of ether oxygens (including phenoxy) is 2. The van der Waals surface area contributed by atoms with Gasteiger partial charge in [-0.1, -0.05) is 13.0 Å². The predicted molar refractivity (Wildman–Crippen MR) is 94.7 cm³/mol. The molecule has 1 aromatic carbocycles. The third kappa shape index (κ3) is 5.85. The summed E-state index contributed by atoms with van der Waals surface area (Å²) < 4.78 is 10.7. The molecule has 6 heteroatoms. The summed E-state index contributed by atoms with van der Waals surface area (Å²) in [5.74, 6) is 0.398. The number of carbonyl (C=O) groups excluding carboxylic acids is 1. The Bertz CT molecular complexity index is 554. The summed E-state index contributed by atoms with van der Waals surface area (Å²) in [5, 5.41) is 2.76. The fourth-order valence-corrected chi connectivity index (χ4v) is 2.55. The van der Waals surface area contributed by atoms with Crippen molar-refractivity contribution in [3.8, 4) is 5.75 Å². The number of benzene rings is 1. The summed E-state index contributed by atoms with van der Waals surface area (Å²) in [5.41, 5.74) is 0.515. The van der Waals surface area contributed by atoms with Crippen LogP contribution < -0.4 is 10.1 Å². The van der Waals surface area contributed by atoms with Crippen LogP contribution in [0.1, 0.15) is 36.5 Å². The van der Waals surface area contributed by atoms with Gasteiger partial charge in [0.2, 0.25) is 0 Å². The van der Waals surface area contributed by atoms with E-state index < -0.39 is 0 Å². The van der Waals surface area contributed by atoms with Crippen LogP contribution in [0.25, 0.3) is 0 Å². The lowest BCUT2D eigenvalue weighted by molar-refractivity contribution is 0.0965. The monoisotopic (exact) mass is 333 g/mol. The number of nitrogens with one attached hydrogen (secondary N) is 1. The van der Waals surface area contributed by atoms with Crippen molar-refractivity contribution in [2.45, 2.75) is 26.2 Å². The Kier molecular flexibility index (Phi) is 7.55. The Hall–Kier alpha value is -2.08. The van der Waals surface area contributed by atoms with Crippen LogP contribution >= 0.6 is 0 Å². The number of methoxy groups -OCH3 is 1. The zero-order valence-electron chi connectivity index (χ0n) is 14.6. The van der Waals surface area contributed by atoms with Crippen LogP contribution in [0.3, 0.4) is 0 Å². The van der Waals surface area contributed by atoms with Gasteiger partial charge in [0.1, 0.15) is 5.75 Å². The summed E-state index contributed by atoms with van der Waals surface area (Å²) in [6, 6.07) is 7.31. The molecule has 24 heavy (non-hydrogen) atoms. The van der Waals surface area contributed by atoms with Gasteiger partial charge < -0.3 is 14.4 Å². The van der Waals surface area contributed by atoms with E-state index in [4.69, 9.17) is 9.47 Å². The zero-order valence-corrected chi connectivity index (χ0v) is 14.6. The number of aliphatic imine (C=N–C) groups is 1. The fraction of sp³-hybridized carbons (Fsp3) is 0.556. The summed E-state index contributed by atoms with van der Waals surface area (Å²) in [7, 11) is 1.58. The van der Waals surface area contributed by atoms with Gasteiger partial charge in [-0.3, -0.25) is 10.1 Å². The smallest absolute Gasteiger partial charge is 0.291 e. The van der Waals surface area contributed by atoms with Gasteiger partial charge in [0.05, 0.1) is 20.3 Å². The molecular weight excluding hydrogens is 306 g/mol. The third-order valence-electron chi connectivity index (χ3n) is 3.87. The van der Waals surface area contributed by atoms with Crippen LogP contribution in [0.15, 0.2) is 29.3 Å². The van der Waals surface area contributed by atoms with Crippen LogP contribution in [0.4, 0.5) is 0 Å². The molecule has 0 spiro atoms. The average Bonchev–Trinajstić information content (AvgIpc) is 3.12. The van der Waals surface area contributed by atoms with Gasteiger partial charge in [-0.2, -0.15) is 0 Å². The van der Waals surface area contributed by atoms with Gasteiger partial charge in [0, 0.05) is 12.1 Å². The Balaban J connectivity index is 1.94. The second kappa shape index (κ2) is 9.93. The molecule has 0 atom stereocenters. The van der Waals surface area contributed by atoms with E-state index in [-0.39, 0.29) is 5.91 Å². The Morgan fingerprint density at radius 3 is 2.83 bits per heavy atom. The van der Waals surface area contributed by atoms with Gasteiger partial charge in [0.25, 0.3) is 11.9 Å². The molecule has 1 heterocycles.